The number of amides is 1. The summed E-state index contributed by atoms with van der Waals surface area (Å²) in [5, 5.41) is 9.00. The maximum absolute atomic E-state index is 13.7. The van der Waals surface area contributed by atoms with Gasteiger partial charge in [0.05, 0.1) is 0 Å². The number of hydrogen-bond donors (Lipinski definition) is 2. The molecule has 2 rings (SSSR count). The van der Waals surface area contributed by atoms with E-state index in [-0.39, 0.29) is 11.3 Å². The van der Waals surface area contributed by atoms with Crippen molar-refractivity contribution in [2.24, 2.45) is 0 Å². The Bertz CT molecular complexity index is 576. The van der Waals surface area contributed by atoms with Crippen molar-refractivity contribution in [2.75, 3.05) is 11.9 Å². The van der Waals surface area contributed by atoms with Gasteiger partial charge in [-0.15, -0.1) is 0 Å². The van der Waals surface area contributed by atoms with E-state index in [1.807, 2.05) is 16.8 Å². The van der Waals surface area contributed by atoms with Crippen molar-refractivity contribution in [3.63, 3.8) is 0 Å². The zero-order chi connectivity index (χ0) is 14.5. The number of thiophene rings is 1. The number of anilines is 1. The standard InChI is InChI=1S/C14H14F2N2OS/c1-2-17-13-11(15)5-10(6-12(13)16)14(19)18-7-9-3-4-20-8-9/h3-6,8,17H,2,7H2,1H3,(H,18,19). The molecular formula is C14H14F2N2OS. The van der Waals surface area contributed by atoms with Crippen molar-refractivity contribution < 1.29 is 13.6 Å². The number of carbonyl (C=O) groups excluding carboxylic acids is 1. The van der Waals surface area contributed by atoms with E-state index in [1.54, 1.807) is 6.92 Å². The molecule has 3 nitrogen and oxygen atoms in total. The summed E-state index contributed by atoms with van der Waals surface area (Å²) in [5.74, 6) is -2.04. The lowest BCUT2D eigenvalue weighted by molar-refractivity contribution is 0.0950. The highest BCUT2D eigenvalue weighted by Gasteiger charge is 2.14. The first kappa shape index (κ1) is 14.5. The molecule has 20 heavy (non-hydrogen) atoms. The average Bonchev–Trinajstić information content (AvgIpc) is 2.93. The highest BCUT2D eigenvalue weighted by molar-refractivity contribution is 7.07. The number of halogens is 2. The second kappa shape index (κ2) is 6.47. The molecule has 0 fully saturated rings. The molecule has 1 aromatic carbocycles. The Morgan fingerprint density at radius 3 is 2.55 bits per heavy atom. The maximum Gasteiger partial charge on any atom is 0.251 e. The van der Waals surface area contributed by atoms with E-state index >= 15 is 0 Å². The van der Waals surface area contributed by atoms with Gasteiger partial charge in [0.2, 0.25) is 0 Å². The van der Waals surface area contributed by atoms with Crippen molar-refractivity contribution in [3.8, 4) is 0 Å². The molecular weight excluding hydrogens is 282 g/mol. The molecule has 0 atom stereocenters. The van der Waals surface area contributed by atoms with Gasteiger partial charge in [0.15, 0.2) is 0 Å². The molecule has 0 saturated heterocycles. The Morgan fingerprint density at radius 2 is 2.00 bits per heavy atom. The molecule has 0 saturated carbocycles. The topological polar surface area (TPSA) is 41.1 Å². The first-order chi connectivity index (χ1) is 9.61. The summed E-state index contributed by atoms with van der Waals surface area (Å²) in [6, 6.07) is 3.94. The Morgan fingerprint density at radius 1 is 1.30 bits per heavy atom. The van der Waals surface area contributed by atoms with Crippen LogP contribution in [0.4, 0.5) is 14.5 Å². The Hall–Kier alpha value is -1.95. The normalized spacial score (nSPS) is 10.3. The molecule has 6 heteroatoms. The molecule has 2 aromatic rings. The van der Waals surface area contributed by atoms with Gasteiger partial charge in [-0.05, 0) is 41.4 Å². The van der Waals surface area contributed by atoms with Crippen molar-refractivity contribution in [2.45, 2.75) is 13.5 Å². The van der Waals surface area contributed by atoms with Crippen molar-refractivity contribution in [3.05, 3.63) is 51.7 Å². The molecule has 0 aliphatic carbocycles. The zero-order valence-electron chi connectivity index (χ0n) is 10.9. The summed E-state index contributed by atoms with van der Waals surface area (Å²) in [5.41, 5.74) is 0.715. The van der Waals surface area contributed by atoms with Crippen LogP contribution in [0.5, 0.6) is 0 Å². The molecule has 0 aliphatic heterocycles. The SMILES string of the molecule is CCNc1c(F)cc(C(=O)NCc2ccsc2)cc1F. The predicted molar refractivity (Wildman–Crippen MR) is 76.0 cm³/mol. The average molecular weight is 296 g/mol. The molecule has 0 radical (unpaired) electrons. The summed E-state index contributed by atoms with van der Waals surface area (Å²) < 4.78 is 27.4. The second-order valence-electron chi connectivity index (χ2n) is 4.16. The van der Waals surface area contributed by atoms with Crippen LogP contribution in [0.15, 0.2) is 29.0 Å². The van der Waals surface area contributed by atoms with Gasteiger partial charge in [-0.1, -0.05) is 0 Å². The minimum atomic E-state index is -0.771. The smallest absolute Gasteiger partial charge is 0.251 e. The van der Waals surface area contributed by atoms with E-state index in [0.29, 0.717) is 13.1 Å². The molecule has 106 valence electrons. The number of benzene rings is 1. The van der Waals surface area contributed by atoms with E-state index in [0.717, 1.165) is 17.7 Å². The van der Waals surface area contributed by atoms with Gasteiger partial charge in [-0.25, -0.2) is 8.78 Å². The molecule has 1 aromatic heterocycles. The summed E-state index contributed by atoms with van der Waals surface area (Å²) >= 11 is 1.52. The third-order valence-corrected chi connectivity index (χ3v) is 3.42. The van der Waals surface area contributed by atoms with Gasteiger partial charge in [-0.2, -0.15) is 11.3 Å². The first-order valence-electron chi connectivity index (χ1n) is 6.14. The fraction of sp³-hybridized carbons (Fsp3) is 0.214. The maximum atomic E-state index is 13.7. The van der Waals surface area contributed by atoms with Gasteiger partial charge >= 0.3 is 0 Å². The highest BCUT2D eigenvalue weighted by Crippen LogP contribution is 2.20. The Balaban J connectivity index is 2.10. The third kappa shape index (κ3) is 3.33. The van der Waals surface area contributed by atoms with Crippen LogP contribution in [0, 0.1) is 11.6 Å². The molecule has 0 unspecified atom stereocenters. The third-order valence-electron chi connectivity index (χ3n) is 2.69. The quantitative estimate of drug-likeness (QED) is 0.888. The van der Waals surface area contributed by atoms with Gasteiger partial charge in [0.25, 0.3) is 5.91 Å². The molecule has 0 aliphatic rings. The van der Waals surface area contributed by atoms with E-state index < -0.39 is 17.5 Å². The number of nitrogens with one attached hydrogen (secondary N) is 2. The summed E-state index contributed by atoms with van der Waals surface area (Å²) in [6.07, 6.45) is 0. The van der Waals surface area contributed by atoms with Gasteiger partial charge in [0.1, 0.15) is 17.3 Å². The fourth-order valence-electron chi connectivity index (χ4n) is 1.73. The van der Waals surface area contributed by atoms with Gasteiger partial charge in [-0.3, -0.25) is 4.79 Å². The summed E-state index contributed by atoms with van der Waals surface area (Å²) in [6.45, 7) is 2.47. The van der Waals surface area contributed by atoms with Crippen molar-refractivity contribution in [1.29, 1.82) is 0 Å². The van der Waals surface area contributed by atoms with Crippen LogP contribution in [-0.2, 0) is 6.54 Å². The van der Waals surface area contributed by atoms with Crippen LogP contribution in [0.2, 0.25) is 0 Å². The minimum absolute atomic E-state index is 0.0307. The lowest BCUT2D eigenvalue weighted by atomic mass is 10.1. The number of hydrogen-bond acceptors (Lipinski definition) is 3. The van der Waals surface area contributed by atoms with Crippen molar-refractivity contribution in [1.82, 2.24) is 5.32 Å². The lowest BCUT2D eigenvalue weighted by Gasteiger charge is -2.09. The molecule has 1 amide bonds. The second-order valence-corrected chi connectivity index (χ2v) is 4.94. The minimum Gasteiger partial charge on any atom is -0.381 e. The molecule has 0 spiro atoms. The molecule has 1 heterocycles. The summed E-state index contributed by atoms with van der Waals surface area (Å²) in [7, 11) is 0. The fourth-order valence-corrected chi connectivity index (χ4v) is 2.40. The van der Waals surface area contributed by atoms with Crippen LogP contribution in [0.25, 0.3) is 0 Å². The Labute approximate surface area is 119 Å². The van der Waals surface area contributed by atoms with E-state index in [4.69, 9.17) is 0 Å². The lowest BCUT2D eigenvalue weighted by Crippen LogP contribution is -2.23. The monoisotopic (exact) mass is 296 g/mol. The largest absolute Gasteiger partial charge is 0.381 e. The van der Waals surface area contributed by atoms with Crippen LogP contribution in [-0.4, -0.2) is 12.5 Å². The van der Waals surface area contributed by atoms with Crippen LogP contribution in [0.1, 0.15) is 22.8 Å². The highest BCUT2D eigenvalue weighted by atomic mass is 32.1. The number of carbonyl (C=O) groups is 1. The van der Waals surface area contributed by atoms with Gasteiger partial charge < -0.3 is 10.6 Å². The first-order valence-corrected chi connectivity index (χ1v) is 7.08. The number of rotatable bonds is 5. The van der Waals surface area contributed by atoms with Crippen molar-refractivity contribution >= 4 is 22.9 Å². The van der Waals surface area contributed by atoms with E-state index in [2.05, 4.69) is 10.6 Å². The predicted octanol–water partition coefficient (Wildman–Crippen LogP) is 3.39. The van der Waals surface area contributed by atoms with Crippen LogP contribution < -0.4 is 10.6 Å². The van der Waals surface area contributed by atoms with E-state index in [9.17, 15) is 13.6 Å². The summed E-state index contributed by atoms with van der Waals surface area (Å²) in [4.78, 5) is 11.9. The zero-order valence-corrected chi connectivity index (χ0v) is 11.7. The Kier molecular flexibility index (Phi) is 4.68. The van der Waals surface area contributed by atoms with E-state index in [1.165, 1.54) is 11.3 Å². The van der Waals surface area contributed by atoms with Crippen LogP contribution in [0.3, 0.4) is 0 Å². The molecule has 0 bridgehead atoms. The van der Waals surface area contributed by atoms with Crippen LogP contribution >= 0.6 is 11.3 Å². The van der Waals surface area contributed by atoms with Gasteiger partial charge in [0, 0.05) is 18.7 Å². The molecule has 2 N–H and O–H groups in total.